The summed E-state index contributed by atoms with van der Waals surface area (Å²) in [7, 11) is 2.85. The third-order valence-corrected chi connectivity index (χ3v) is 7.62. The SMILES string of the molecule is CCCCCN1C=Nc2cccc3nc4c(c1c23)Cn1c-4cc([C@@H](C=O)OC(=O)CN(C)C(=O)CN)c(COC)c1=O. The van der Waals surface area contributed by atoms with Gasteiger partial charge in [0, 0.05) is 31.8 Å². The lowest BCUT2D eigenvalue weighted by atomic mass is 10.0. The van der Waals surface area contributed by atoms with Crippen molar-refractivity contribution in [1.82, 2.24) is 14.5 Å². The fraction of sp³-hybridized carbons (Fsp3) is 0.400. The number of unbranched alkanes of at least 4 members (excludes halogenated alkanes) is 2. The summed E-state index contributed by atoms with van der Waals surface area (Å²) in [5.41, 5.74) is 9.98. The van der Waals surface area contributed by atoms with Gasteiger partial charge in [-0.1, -0.05) is 25.8 Å². The molecule has 2 aliphatic heterocycles. The van der Waals surface area contributed by atoms with Crippen LogP contribution in [-0.4, -0.2) is 72.7 Å². The number of ether oxygens (including phenoxy) is 2. The maximum absolute atomic E-state index is 13.9. The number of nitrogens with zero attached hydrogens (tertiary/aromatic N) is 5. The summed E-state index contributed by atoms with van der Waals surface area (Å²) in [6.45, 7) is 2.44. The molecule has 12 heteroatoms. The molecule has 42 heavy (non-hydrogen) atoms. The van der Waals surface area contributed by atoms with Gasteiger partial charge in [-0.25, -0.2) is 9.98 Å². The van der Waals surface area contributed by atoms with E-state index in [1.54, 1.807) is 10.6 Å². The summed E-state index contributed by atoms with van der Waals surface area (Å²) >= 11 is 0. The fourth-order valence-electron chi connectivity index (χ4n) is 5.54. The molecule has 0 saturated heterocycles. The predicted octanol–water partition coefficient (Wildman–Crippen LogP) is 2.44. The van der Waals surface area contributed by atoms with Gasteiger partial charge in [-0.15, -0.1) is 0 Å². The zero-order valence-corrected chi connectivity index (χ0v) is 24.0. The standard InChI is InChI=1S/C30H34N6O6/c1-4-5-6-10-35-17-32-21-8-7-9-22-27(21)29(35)19-13-36-23(28(19)33-22)11-18(20(16-41-3)30(36)40)24(15-37)42-26(39)14-34(2)25(38)12-31/h7-9,11,15,17,24H,4-6,10,12-14,16,31H2,1-3H3/t24-/m1/s1. The van der Waals surface area contributed by atoms with Crippen molar-refractivity contribution in [3.63, 3.8) is 0 Å². The molecule has 0 bridgehead atoms. The van der Waals surface area contributed by atoms with E-state index in [2.05, 4.69) is 16.8 Å². The summed E-state index contributed by atoms with van der Waals surface area (Å²) in [5, 5.41) is 0.935. The Kier molecular flexibility index (Phi) is 8.46. The molecule has 5 rings (SSSR count). The molecule has 2 aliphatic rings. The first-order valence-corrected chi connectivity index (χ1v) is 13.9. The first-order valence-electron chi connectivity index (χ1n) is 13.9. The third kappa shape index (κ3) is 5.19. The lowest BCUT2D eigenvalue weighted by Crippen LogP contribution is -2.37. The van der Waals surface area contributed by atoms with Gasteiger partial charge < -0.3 is 29.6 Å². The van der Waals surface area contributed by atoms with Crippen LogP contribution in [0.3, 0.4) is 0 Å². The monoisotopic (exact) mass is 574 g/mol. The molecule has 0 saturated carbocycles. The molecule has 0 spiro atoms. The van der Waals surface area contributed by atoms with E-state index in [0.717, 1.165) is 58.5 Å². The number of likely N-dealkylation sites (N-methyl/N-ethyl adjacent to an activating group) is 1. The van der Waals surface area contributed by atoms with E-state index in [4.69, 9.17) is 20.2 Å². The van der Waals surface area contributed by atoms with E-state index in [9.17, 15) is 19.2 Å². The molecule has 0 unspecified atom stereocenters. The Balaban J connectivity index is 1.61. The molecule has 0 radical (unpaired) electrons. The van der Waals surface area contributed by atoms with E-state index in [1.807, 2.05) is 24.5 Å². The summed E-state index contributed by atoms with van der Waals surface area (Å²) < 4.78 is 12.4. The average molecular weight is 575 g/mol. The second-order valence-electron chi connectivity index (χ2n) is 10.4. The highest BCUT2D eigenvalue weighted by Crippen LogP contribution is 2.45. The van der Waals surface area contributed by atoms with Crippen LogP contribution in [0.2, 0.25) is 0 Å². The van der Waals surface area contributed by atoms with Crippen molar-refractivity contribution in [2.24, 2.45) is 10.7 Å². The van der Waals surface area contributed by atoms with Crippen LogP contribution in [0.25, 0.3) is 22.3 Å². The van der Waals surface area contributed by atoms with Crippen molar-refractivity contribution >= 4 is 46.8 Å². The Labute approximate surface area is 242 Å². The van der Waals surface area contributed by atoms with Gasteiger partial charge in [0.25, 0.3) is 5.56 Å². The van der Waals surface area contributed by atoms with Crippen molar-refractivity contribution < 1.29 is 23.9 Å². The summed E-state index contributed by atoms with van der Waals surface area (Å²) in [6.07, 6.45) is 4.05. The van der Waals surface area contributed by atoms with E-state index in [0.29, 0.717) is 17.7 Å². The van der Waals surface area contributed by atoms with Crippen LogP contribution in [0.4, 0.5) is 11.4 Å². The molecule has 12 nitrogen and oxygen atoms in total. The van der Waals surface area contributed by atoms with Crippen molar-refractivity contribution in [2.75, 3.05) is 38.7 Å². The minimum atomic E-state index is -1.39. The number of rotatable bonds is 12. The molecule has 220 valence electrons. The Hall–Kier alpha value is -4.42. The maximum atomic E-state index is 13.9. The highest BCUT2D eigenvalue weighted by molar-refractivity contribution is 6.11. The van der Waals surface area contributed by atoms with Crippen LogP contribution in [0.1, 0.15) is 49.0 Å². The number of nitrogens with two attached hydrogens (primary N) is 1. The molecule has 1 atom stereocenters. The molecule has 3 aromatic rings. The number of amides is 1. The van der Waals surface area contributed by atoms with E-state index in [1.165, 1.54) is 14.2 Å². The number of carbonyl (C=O) groups excluding carboxylic acids is 3. The number of aldehydes is 1. The minimum absolute atomic E-state index is 0.0968. The van der Waals surface area contributed by atoms with Gasteiger partial charge in [0.05, 0.1) is 65.3 Å². The van der Waals surface area contributed by atoms with Crippen molar-refractivity contribution in [3.8, 4) is 11.4 Å². The van der Waals surface area contributed by atoms with Crippen LogP contribution in [0.5, 0.6) is 0 Å². The van der Waals surface area contributed by atoms with Crippen molar-refractivity contribution in [1.29, 1.82) is 0 Å². The van der Waals surface area contributed by atoms with Crippen LogP contribution in [0.15, 0.2) is 34.1 Å². The maximum Gasteiger partial charge on any atom is 0.326 e. The minimum Gasteiger partial charge on any atom is -0.448 e. The second-order valence-corrected chi connectivity index (χ2v) is 10.4. The smallest absolute Gasteiger partial charge is 0.326 e. The molecular formula is C30H34N6O6. The van der Waals surface area contributed by atoms with Crippen LogP contribution >= 0.6 is 0 Å². The van der Waals surface area contributed by atoms with Crippen LogP contribution in [0, 0.1) is 0 Å². The van der Waals surface area contributed by atoms with Crippen LogP contribution < -0.4 is 16.2 Å². The summed E-state index contributed by atoms with van der Waals surface area (Å²) in [5.74, 6) is -1.27. The first-order chi connectivity index (χ1) is 20.3. The number of pyridine rings is 2. The molecule has 4 heterocycles. The van der Waals surface area contributed by atoms with Crippen LogP contribution in [-0.2, 0) is 37.0 Å². The van der Waals surface area contributed by atoms with Crippen molar-refractivity contribution in [3.05, 3.63) is 51.3 Å². The van der Waals surface area contributed by atoms with E-state index < -0.39 is 24.5 Å². The lowest BCUT2D eigenvalue weighted by Gasteiger charge is -2.27. The molecule has 1 amide bonds. The fourth-order valence-corrected chi connectivity index (χ4v) is 5.54. The topological polar surface area (TPSA) is 149 Å². The van der Waals surface area contributed by atoms with Gasteiger partial charge in [0.2, 0.25) is 5.91 Å². The van der Waals surface area contributed by atoms with Gasteiger partial charge in [-0.3, -0.25) is 19.2 Å². The van der Waals surface area contributed by atoms with Gasteiger partial charge >= 0.3 is 5.97 Å². The number of methoxy groups -OCH3 is 1. The van der Waals surface area contributed by atoms with Crippen molar-refractivity contribution in [2.45, 2.75) is 45.4 Å². The number of carbonyl (C=O) groups is 3. The molecule has 2 N–H and O–H groups in total. The highest BCUT2D eigenvalue weighted by atomic mass is 16.5. The van der Waals surface area contributed by atoms with Gasteiger partial charge in [-0.2, -0.15) is 0 Å². The number of anilines is 1. The van der Waals surface area contributed by atoms with E-state index >= 15 is 0 Å². The number of fused-ring (bicyclic) bond motifs is 4. The number of esters is 1. The number of benzene rings is 1. The lowest BCUT2D eigenvalue weighted by molar-refractivity contribution is -0.155. The Bertz CT molecular complexity index is 1650. The number of aliphatic imine (C=N–C) groups is 1. The Morgan fingerprint density at radius 3 is 2.79 bits per heavy atom. The van der Waals surface area contributed by atoms with Gasteiger partial charge in [0.1, 0.15) is 6.54 Å². The molecule has 2 aromatic heterocycles. The van der Waals surface area contributed by atoms with Gasteiger partial charge in [-0.05, 0) is 24.6 Å². The average Bonchev–Trinajstić information content (AvgIpc) is 3.36. The second kappa shape index (κ2) is 12.2. The quantitative estimate of drug-likeness (QED) is 0.153. The number of hydrogen-bond acceptors (Lipinski definition) is 10. The molecule has 0 fully saturated rings. The Morgan fingerprint density at radius 1 is 1.26 bits per heavy atom. The van der Waals surface area contributed by atoms with Gasteiger partial charge in [0.15, 0.2) is 12.4 Å². The predicted molar refractivity (Wildman–Crippen MR) is 158 cm³/mol. The molecular weight excluding hydrogens is 540 g/mol. The summed E-state index contributed by atoms with van der Waals surface area (Å²) in [4.78, 5) is 63.5. The number of aromatic nitrogens is 2. The zero-order chi connectivity index (χ0) is 30.0. The Morgan fingerprint density at radius 2 is 2.07 bits per heavy atom. The normalized spacial score (nSPS) is 13.6. The number of hydrogen-bond donors (Lipinski definition) is 1. The zero-order valence-electron chi connectivity index (χ0n) is 24.0. The first kappa shape index (κ1) is 29.1. The highest BCUT2D eigenvalue weighted by Gasteiger charge is 2.33. The summed E-state index contributed by atoms with van der Waals surface area (Å²) in [6, 6.07) is 7.44. The third-order valence-electron chi connectivity index (χ3n) is 7.62. The van der Waals surface area contributed by atoms with E-state index in [-0.39, 0.29) is 36.4 Å². The molecule has 0 aliphatic carbocycles. The molecule has 1 aromatic carbocycles. The largest absolute Gasteiger partial charge is 0.448 e.